The lowest BCUT2D eigenvalue weighted by Gasteiger charge is -2.29. The number of fused-ring (bicyclic) bond motifs is 3. The first kappa shape index (κ1) is 16.9. The molecule has 0 spiro atoms. The molecule has 4 rings (SSSR count). The van der Waals surface area contributed by atoms with Crippen LogP contribution in [-0.2, 0) is 5.92 Å². The van der Waals surface area contributed by atoms with Crippen LogP contribution in [0.5, 0.6) is 0 Å². The smallest absolute Gasteiger partial charge is 0.352 e. The number of benzene rings is 1. The van der Waals surface area contributed by atoms with Crippen LogP contribution < -0.4 is 10.2 Å². The first-order valence-corrected chi connectivity index (χ1v) is 7.85. The molecular formula is C15H13F5N6. The van der Waals surface area contributed by atoms with Crippen molar-refractivity contribution in [1.82, 2.24) is 25.1 Å². The van der Waals surface area contributed by atoms with Gasteiger partial charge in [0.2, 0.25) is 5.82 Å². The molecule has 0 amide bonds. The summed E-state index contributed by atoms with van der Waals surface area (Å²) in [6.07, 6.45) is -5.79. The summed E-state index contributed by atoms with van der Waals surface area (Å²) in [5.41, 5.74) is -0.140. The number of nitrogens with one attached hydrogen (secondary N) is 1. The molecule has 0 saturated carbocycles. The van der Waals surface area contributed by atoms with Gasteiger partial charge in [0.15, 0.2) is 11.5 Å². The molecule has 6 nitrogen and oxygen atoms in total. The molecule has 0 atom stereocenters. The van der Waals surface area contributed by atoms with E-state index in [0.29, 0.717) is 47.3 Å². The van der Waals surface area contributed by atoms with Crippen LogP contribution in [0.1, 0.15) is 5.82 Å². The highest BCUT2D eigenvalue weighted by molar-refractivity contribution is 6.00. The molecule has 1 aromatic carbocycles. The van der Waals surface area contributed by atoms with Crippen molar-refractivity contribution >= 4 is 22.2 Å². The van der Waals surface area contributed by atoms with E-state index in [9.17, 15) is 22.0 Å². The molecule has 138 valence electrons. The topological polar surface area (TPSA) is 58.4 Å². The maximum absolute atomic E-state index is 13.9. The van der Waals surface area contributed by atoms with Crippen molar-refractivity contribution in [2.45, 2.75) is 12.1 Å². The first-order chi connectivity index (χ1) is 12.3. The van der Waals surface area contributed by atoms with E-state index in [2.05, 4.69) is 20.6 Å². The zero-order valence-electron chi connectivity index (χ0n) is 13.3. The van der Waals surface area contributed by atoms with Gasteiger partial charge in [0.25, 0.3) is 0 Å². The van der Waals surface area contributed by atoms with E-state index in [4.69, 9.17) is 0 Å². The summed E-state index contributed by atoms with van der Waals surface area (Å²) in [6, 6.07) is 6.73. The van der Waals surface area contributed by atoms with Gasteiger partial charge in [-0.2, -0.15) is 26.5 Å². The van der Waals surface area contributed by atoms with Crippen LogP contribution in [0, 0.1) is 0 Å². The third kappa shape index (κ3) is 2.45. The zero-order valence-corrected chi connectivity index (χ0v) is 13.3. The number of hydrogen-bond acceptors (Lipinski definition) is 5. The van der Waals surface area contributed by atoms with Crippen molar-refractivity contribution in [2.24, 2.45) is 0 Å². The van der Waals surface area contributed by atoms with Crippen LogP contribution in [0.15, 0.2) is 24.3 Å². The molecule has 0 radical (unpaired) electrons. The molecule has 2 aromatic heterocycles. The van der Waals surface area contributed by atoms with Gasteiger partial charge < -0.3 is 10.2 Å². The average molecular weight is 372 g/mol. The molecule has 0 aliphatic carbocycles. The van der Waals surface area contributed by atoms with Crippen LogP contribution in [-0.4, -0.2) is 52.2 Å². The average Bonchev–Trinajstić information content (AvgIpc) is 3.05. The van der Waals surface area contributed by atoms with Gasteiger partial charge in [-0.3, -0.25) is 0 Å². The van der Waals surface area contributed by atoms with Gasteiger partial charge in [0, 0.05) is 37.0 Å². The Bertz CT molecular complexity index is 960. The minimum absolute atomic E-state index is 0.140. The van der Waals surface area contributed by atoms with Gasteiger partial charge in [-0.1, -0.05) is 24.3 Å². The number of anilines is 1. The number of piperazine rings is 1. The summed E-state index contributed by atoms with van der Waals surface area (Å²) < 4.78 is 66.7. The van der Waals surface area contributed by atoms with Crippen LogP contribution >= 0.6 is 0 Å². The lowest BCUT2D eigenvalue weighted by molar-refractivity contribution is -0.293. The Labute approximate surface area is 143 Å². The third-order valence-electron chi connectivity index (χ3n) is 4.30. The predicted octanol–water partition coefficient (Wildman–Crippen LogP) is 2.34. The minimum atomic E-state index is -5.79. The molecule has 3 aromatic rings. The largest absolute Gasteiger partial charge is 0.461 e. The fraction of sp³-hybridized carbons (Fsp3) is 0.400. The number of hydrogen-bond donors (Lipinski definition) is 1. The van der Waals surface area contributed by atoms with Crippen molar-refractivity contribution in [1.29, 1.82) is 0 Å². The van der Waals surface area contributed by atoms with Gasteiger partial charge in [0.1, 0.15) is 0 Å². The predicted molar refractivity (Wildman–Crippen MR) is 83.3 cm³/mol. The Balaban J connectivity index is 2.00. The van der Waals surface area contributed by atoms with Crippen LogP contribution in [0.3, 0.4) is 0 Å². The Kier molecular flexibility index (Phi) is 3.72. The summed E-state index contributed by atoms with van der Waals surface area (Å²) in [7, 11) is 0. The van der Waals surface area contributed by atoms with Gasteiger partial charge in [0.05, 0.1) is 0 Å². The number of rotatable bonds is 2. The van der Waals surface area contributed by atoms with Crippen LogP contribution in [0.4, 0.5) is 27.8 Å². The van der Waals surface area contributed by atoms with Crippen molar-refractivity contribution in [3.05, 3.63) is 30.1 Å². The van der Waals surface area contributed by atoms with Gasteiger partial charge in [-0.25, -0.2) is 0 Å². The molecule has 1 aliphatic heterocycles. The summed E-state index contributed by atoms with van der Waals surface area (Å²) in [5, 5.41) is 14.9. The van der Waals surface area contributed by atoms with Crippen LogP contribution in [0.2, 0.25) is 0 Å². The number of halogens is 5. The SMILES string of the molecule is FC(F)(F)C(F)(F)c1nnc2c3ccccc3c(N3CCNCC3)nn12. The first-order valence-electron chi connectivity index (χ1n) is 7.85. The Morgan fingerprint density at radius 1 is 0.923 bits per heavy atom. The molecule has 1 saturated heterocycles. The monoisotopic (exact) mass is 372 g/mol. The zero-order chi connectivity index (χ0) is 18.5. The molecule has 1 aliphatic rings. The summed E-state index contributed by atoms with van der Waals surface area (Å²) in [6.45, 7) is 2.41. The fourth-order valence-corrected chi connectivity index (χ4v) is 3.00. The molecule has 11 heteroatoms. The fourth-order valence-electron chi connectivity index (χ4n) is 3.00. The van der Waals surface area contributed by atoms with Crippen molar-refractivity contribution in [3.63, 3.8) is 0 Å². The van der Waals surface area contributed by atoms with Crippen LogP contribution in [0.25, 0.3) is 16.4 Å². The summed E-state index contributed by atoms with van der Waals surface area (Å²) >= 11 is 0. The molecule has 0 unspecified atom stereocenters. The quantitative estimate of drug-likeness (QED) is 0.700. The Morgan fingerprint density at radius 3 is 2.23 bits per heavy atom. The lowest BCUT2D eigenvalue weighted by Crippen LogP contribution is -2.44. The van der Waals surface area contributed by atoms with Crippen molar-refractivity contribution in [3.8, 4) is 0 Å². The number of alkyl halides is 5. The molecule has 1 fully saturated rings. The number of aromatic nitrogens is 4. The maximum Gasteiger partial charge on any atom is 0.461 e. The maximum atomic E-state index is 13.9. The van der Waals surface area contributed by atoms with E-state index in [0.717, 1.165) is 0 Å². The van der Waals surface area contributed by atoms with E-state index >= 15 is 0 Å². The molecule has 0 bridgehead atoms. The second-order valence-electron chi connectivity index (χ2n) is 5.94. The van der Waals surface area contributed by atoms with Gasteiger partial charge in [-0.05, 0) is 0 Å². The molecule has 1 N–H and O–H groups in total. The number of nitrogens with zero attached hydrogens (tertiary/aromatic N) is 5. The minimum Gasteiger partial charge on any atom is -0.352 e. The van der Waals surface area contributed by atoms with Gasteiger partial charge >= 0.3 is 12.1 Å². The van der Waals surface area contributed by atoms with Crippen molar-refractivity contribution < 1.29 is 22.0 Å². The lowest BCUT2D eigenvalue weighted by atomic mass is 10.1. The second-order valence-corrected chi connectivity index (χ2v) is 5.94. The van der Waals surface area contributed by atoms with E-state index in [1.807, 2.05) is 4.90 Å². The highest BCUT2D eigenvalue weighted by atomic mass is 19.4. The molecule has 3 heterocycles. The molecule has 26 heavy (non-hydrogen) atoms. The Morgan fingerprint density at radius 2 is 1.58 bits per heavy atom. The summed E-state index contributed by atoms with van der Waals surface area (Å²) in [4.78, 5) is 1.84. The Hall–Kier alpha value is -2.56. The molecular weight excluding hydrogens is 359 g/mol. The van der Waals surface area contributed by atoms with E-state index in [1.165, 1.54) is 0 Å². The van der Waals surface area contributed by atoms with Gasteiger partial charge in [-0.15, -0.1) is 15.3 Å². The van der Waals surface area contributed by atoms with E-state index < -0.39 is 17.9 Å². The standard InChI is InChI=1S/C15H13F5N6/c16-14(17,15(18,19)20)13-23-22-11-9-3-1-2-4-10(9)12(24-26(11)13)25-7-5-21-6-8-25/h1-4,21H,5-8H2. The van der Waals surface area contributed by atoms with E-state index in [1.54, 1.807) is 24.3 Å². The van der Waals surface area contributed by atoms with Crippen molar-refractivity contribution in [2.75, 3.05) is 31.1 Å². The normalized spacial score (nSPS) is 16.6. The summed E-state index contributed by atoms with van der Waals surface area (Å²) in [5.74, 6) is -6.38. The third-order valence-corrected chi connectivity index (χ3v) is 4.30. The highest BCUT2D eigenvalue weighted by Gasteiger charge is 2.62. The highest BCUT2D eigenvalue weighted by Crippen LogP contribution is 2.43. The second kappa shape index (κ2) is 5.73. The van der Waals surface area contributed by atoms with E-state index in [-0.39, 0.29) is 5.65 Å².